The second-order valence-corrected chi connectivity index (χ2v) is 4.68. The Labute approximate surface area is 118 Å². The Morgan fingerprint density at radius 3 is 2.55 bits per heavy atom. The minimum Gasteiger partial charge on any atom is -0.361 e. The van der Waals surface area contributed by atoms with Crippen LogP contribution in [-0.4, -0.2) is 11.6 Å². The lowest BCUT2D eigenvalue weighted by molar-refractivity contribution is -0.303. The highest BCUT2D eigenvalue weighted by molar-refractivity contribution is 5.82. The van der Waals surface area contributed by atoms with Crippen LogP contribution in [0, 0.1) is 0 Å². The van der Waals surface area contributed by atoms with E-state index in [-0.39, 0.29) is 0 Å². The van der Waals surface area contributed by atoms with Gasteiger partial charge in [-0.05, 0) is 17.2 Å². The molecule has 0 unspecified atom stereocenters. The molecule has 0 aliphatic rings. The Kier molecular flexibility index (Phi) is 4.11. The topological polar surface area (TPSA) is 34.2 Å². The molecule has 0 aliphatic heterocycles. The molecule has 1 aromatic heterocycles. The summed E-state index contributed by atoms with van der Waals surface area (Å²) >= 11 is 0. The van der Waals surface area contributed by atoms with Crippen molar-refractivity contribution in [1.82, 2.24) is 4.98 Å². The van der Waals surface area contributed by atoms with Gasteiger partial charge in [-0.15, -0.1) is 0 Å². The van der Waals surface area contributed by atoms with Gasteiger partial charge in [-0.2, -0.15) is 0 Å². The zero-order valence-corrected chi connectivity index (χ0v) is 11.2. The Bertz CT molecular complexity index is 661. The fourth-order valence-electron chi connectivity index (χ4n) is 2.23. The Morgan fingerprint density at radius 2 is 1.65 bits per heavy atom. The molecule has 3 nitrogen and oxygen atoms in total. The van der Waals surface area contributed by atoms with E-state index in [9.17, 15) is 0 Å². The van der Waals surface area contributed by atoms with Gasteiger partial charge in [0, 0.05) is 23.5 Å². The highest BCUT2D eigenvalue weighted by Gasteiger charge is 2.02. The van der Waals surface area contributed by atoms with Crippen molar-refractivity contribution < 1.29 is 9.78 Å². The van der Waals surface area contributed by atoms with Crippen LogP contribution in [0.15, 0.2) is 60.8 Å². The summed E-state index contributed by atoms with van der Waals surface area (Å²) in [6, 6.07) is 18.3. The first-order chi connectivity index (χ1) is 9.93. The van der Waals surface area contributed by atoms with Crippen LogP contribution in [0.3, 0.4) is 0 Å². The van der Waals surface area contributed by atoms with E-state index in [0.29, 0.717) is 13.2 Å². The summed E-state index contributed by atoms with van der Waals surface area (Å²) in [6.45, 7) is 1.03. The maximum atomic E-state index is 5.25. The number of nitrogens with one attached hydrogen (secondary N) is 1. The lowest BCUT2D eigenvalue weighted by Gasteiger charge is -2.04. The average molecular weight is 267 g/mol. The maximum absolute atomic E-state index is 5.25. The summed E-state index contributed by atoms with van der Waals surface area (Å²) in [5, 5.41) is 1.25. The van der Waals surface area contributed by atoms with Gasteiger partial charge in [0.2, 0.25) is 0 Å². The molecule has 0 radical (unpaired) electrons. The van der Waals surface area contributed by atoms with Crippen molar-refractivity contribution in [3.63, 3.8) is 0 Å². The molecule has 3 aromatic rings. The standard InChI is InChI=1S/C17H17NO2/c1-2-6-14(7-3-1)13-20-19-11-10-15-12-18-17-9-5-4-8-16(15)17/h1-9,12,18H,10-11,13H2. The second-order valence-electron chi connectivity index (χ2n) is 4.68. The average Bonchev–Trinajstić information content (AvgIpc) is 2.91. The molecular formula is C17H17NO2. The van der Waals surface area contributed by atoms with E-state index in [1.165, 1.54) is 10.9 Å². The number of fused-ring (bicyclic) bond motifs is 1. The minimum absolute atomic E-state index is 0.481. The van der Waals surface area contributed by atoms with E-state index in [4.69, 9.17) is 9.78 Å². The molecule has 1 N–H and O–H groups in total. The zero-order chi connectivity index (χ0) is 13.6. The molecule has 0 aliphatic carbocycles. The summed E-state index contributed by atoms with van der Waals surface area (Å²) in [4.78, 5) is 13.7. The number of rotatable bonds is 6. The van der Waals surface area contributed by atoms with Gasteiger partial charge in [-0.3, -0.25) is 0 Å². The van der Waals surface area contributed by atoms with E-state index in [0.717, 1.165) is 17.5 Å². The number of hydrogen-bond acceptors (Lipinski definition) is 2. The molecule has 0 saturated carbocycles. The first-order valence-electron chi connectivity index (χ1n) is 6.77. The molecule has 20 heavy (non-hydrogen) atoms. The van der Waals surface area contributed by atoms with Crippen LogP contribution in [0.4, 0.5) is 0 Å². The van der Waals surface area contributed by atoms with E-state index in [1.54, 1.807) is 0 Å². The minimum atomic E-state index is 0.481. The van der Waals surface area contributed by atoms with Crippen LogP contribution in [-0.2, 0) is 22.8 Å². The van der Waals surface area contributed by atoms with Gasteiger partial charge in [0.25, 0.3) is 0 Å². The summed E-state index contributed by atoms with van der Waals surface area (Å²) in [5.74, 6) is 0. The van der Waals surface area contributed by atoms with Gasteiger partial charge in [0.1, 0.15) is 6.61 Å². The lowest BCUT2D eigenvalue weighted by Crippen LogP contribution is -2.00. The van der Waals surface area contributed by atoms with E-state index >= 15 is 0 Å². The van der Waals surface area contributed by atoms with Crippen LogP contribution < -0.4 is 0 Å². The molecule has 102 valence electrons. The Balaban J connectivity index is 1.46. The number of benzene rings is 2. The smallest absolute Gasteiger partial charge is 0.107 e. The van der Waals surface area contributed by atoms with Crippen LogP contribution in [0.5, 0.6) is 0 Å². The summed E-state index contributed by atoms with van der Waals surface area (Å²) in [5.41, 5.74) is 3.52. The molecule has 1 heterocycles. The van der Waals surface area contributed by atoms with Crippen LogP contribution in [0.25, 0.3) is 10.9 Å². The predicted octanol–water partition coefficient (Wildman–Crippen LogP) is 3.86. The van der Waals surface area contributed by atoms with E-state index in [1.807, 2.05) is 48.7 Å². The number of aromatic nitrogens is 1. The monoisotopic (exact) mass is 267 g/mol. The number of H-pyrrole nitrogens is 1. The third-order valence-electron chi connectivity index (χ3n) is 3.28. The predicted molar refractivity (Wildman–Crippen MR) is 79.2 cm³/mol. The second kappa shape index (κ2) is 6.37. The third kappa shape index (κ3) is 3.07. The van der Waals surface area contributed by atoms with Crippen molar-refractivity contribution >= 4 is 10.9 Å². The quantitative estimate of drug-likeness (QED) is 0.418. The third-order valence-corrected chi connectivity index (χ3v) is 3.28. The van der Waals surface area contributed by atoms with Crippen molar-refractivity contribution in [1.29, 1.82) is 0 Å². The van der Waals surface area contributed by atoms with E-state index < -0.39 is 0 Å². The summed E-state index contributed by atoms with van der Waals surface area (Å²) in [6.07, 6.45) is 2.87. The van der Waals surface area contributed by atoms with Gasteiger partial charge < -0.3 is 4.98 Å². The normalized spacial score (nSPS) is 11.0. The Morgan fingerprint density at radius 1 is 0.850 bits per heavy atom. The van der Waals surface area contributed by atoms with E-state index in [2.05, 4.69) is 17.1 Å². The van der Waals surface area contributed by atoms with Crippen LogP contribution >= 0.6 is 0 Å². The molecule has 0 spiro atoms. The summed E-state index contributed by atoms with van der Waals surface area (Å²) in [7, 11) is 0. The highest BCUT2D eigenvalue weighted by atomic mass is 17.2. The van der Waals surface area contributed by atoms with Gasteiger partial charge in [0.15, 0.2) is 0 Å². The Hall–Kier alpha value is -2.10. The van der Waals surface area contributed by atoms with Gasteiger partial charge in [0.05, 0.1) is 6.61 Å². The molecule has 3 heteroatoms. The lowest BCUT2D eigenvalue weighted by atomic mass is 10.1. The highest BCUT2D eigenvalue weighted by Crippen LogP contribution is 2.18. The van der Waals surface area contributed by atoms with Crippen molar-refractivity contribution in [2.75, 3.05) is 6.61 Å². The van der Waals surface area contributed by atoms with Crippen molar-refractivity contribution in [2.45, 2.75) is 13.0 Å². The fourth-order valence-corrected chi connectivity index (χ4v) is 2.23. The van der Waals surface area contributed by atoms with Gasteiger partial charge in [-0.1, -0.05) is 48.5 Å². The van der Waals surface area contributed by atoms with Crippen molar-refractivity contribution in [3.8, 4) is 0 Å². The van der Waals surface area contributed by atoms with Crippen LogP contribution in [0.2, 0.25) is 0 Å². The molecule has 0 fully saturated rings. The molecule has 0 saturated heterocycles. The SMILES string of the molecule is c1ccc(COOCCc2c[nH]c3ccccc23)cc1. The van der Waals surface area contributed by atoms with Gasteiger partial charge >= 0.3 is 0 Å². The summed E-state index contributed by atoms with van der Waals surface area (Å²) < 4.78 is 0. The van der Waals surface area contributed by atoms with Gasteiger partial charge in [-0.25, -0.2) is 9.78 Å². The molecule has 0 amide bonds. The molecule has 2 aromatic carbocycles. The maximum Gasteiger partial charge on any atom is 0.107 e. The number of aromatic amines is 1. The molecule has 3 rings (SSSR count). The molecule has 0 bridgehead atoms. The zero-order valence-electron chi connectivity index (χ0n) is 11.2. The van der Waals surface area contributed by atoms with Crippen molar-refractivity contribution in [3.05, 3.63) is 71.9 Å². The fraction of sp³-hybridized carbons (Fsp3) is 0.176. The number of hydrogen-bond donors (Lipinski definition) is 1. The van der Waals surface area contributed by atoms with Crippen LogP contribution in [0.1, 0.15) is 11.1 Å². The largest absolute Gasteiger partial charge is 0.361 e. The molecule has 0 atom stereocenters. The number of para-hydroxylation sites is 1. The van der Waals surface area contributed by atoms with Crippen molar-refractivity contribution in [2.24, 2.45) is 0 Å². The first-order valence-corrected chi connectivity index (χ1v) is 6.77. The molecular weight excluding hydrogens is 250 g/mol. The first kappa shape index (κ1) is 12.9.